The van der Waals surface area contributed by atoms with Crippen LogP contribution in [0.5, 0.6) is 5.75 Å². The molecule has 0 bridgehead atoms. The van der Waals surface area contributed by atoms with Crippen LogP contribution in [0.4, 0.5) is 0 Å². The van der Waals surface area contributed by atoms with Gasteiger partial charge in [0.15, 0.2) is 0 Å². The van der Waals surface area contributed by atoms with Crippen molar-refractivity contribution in [2.75, 3.05) is 26.8 Å². The quantitative estimate of drug-likeness (QED) is 0.407. The third-order valence-electron chi connectivity index (χ3n) is 3.34. The maximum absolute atomic E-state index is 11.1. The molecular weight excluding hydrogens is 383 g/mol. The number of ether oxygens (including phenoxy) is 2. The Morgan fingerprint density at radius 3 is 2.48 bits per heavy atom. The summed E-state index contributed by atoms with van der Waals surface area (Å²) in [7, 11) is 1.72. The van der Waals surface area contributed by atoms with Crippen molar-refractivity contribution < 1.29 is 36.3 Å². The number of carbonyl (C=O) groups excluding carboxylic acids is 2. The van der Waals surface area contributed by atoms with Crippen LogP contribution in [0.1, 0.15) is 25.7 Å². The molecule has 147 valence electrons. The van der Waals surface area contributed by atoms with Crippen LogP contribution in [0.2, 0.25) is 0 Å². The van der Waals surface area contributed by atoms with Gasteiger partial charge in [0.25, 0.3) is 0 Å². The molecule has 2 rings (SSSR count). The first-order valence-electron chi connectivity index (χ1n) is 8.71. The number of rotatable bonds is 6. The van der Waals surface area contributed by atoms with Crippen LogP contribution in [0.15, 0.2) is 59.6 Å². The molecule has 0 atom stereocenters. The van der Waals surface area contributed by atoms with E-state index in [1.54, 1.807) is 18.1 Å². The van der Waals surface area contributed by atoms with E-state index in [2.05, 4.69) is 34.2 Å². The van der Waals surface area contributed by atoms with E-state index < -0.39 is 5.97 Å². The number of para-hydroxylation sites is 1. The van der Waals surface area contributed by atoms with E-state index in [1.807, 2.05) is 30.3 Å². The molecule has 1 aromatic carbocycles. The summed E-state index contributed by atoms with van der Waals surface area (Å²) in [5, 5.41) is 0. The Kier molecular flexibility index (Phi) is 15.9. The molecule has 1 saturated heterocycles. The molecule has 0 saturated carbocycles. The van der Waals surface area contributed by atoms with Crippen LogP contribution < -0.4 is 4.74 Å². The van der Waals surface area contributed by atoms with Gasteiger partial charge in [-0.15, -0.1) is 0 Å². The first-order valence-corrected chi connectivity index (χ1v) is 9.33. The first kappa shape index (κ1) is 24.8. The molecule has 1 aliphatic rings. The topological polar surface area (TPSA) is 68.2 Å². The van der Waals surface area contributed by atoms with Crippen molar-refractivity contribution in [3.05, 3.63) is 55.8 Å². The number of benzene rings is 1. The van der Waals surface area contributed by atoms with Gasteiger partial charge in [-0.1, -0.05) is 37.8 Å². The molecule has 1 aliphatic heterocycles. The minimum atomic E-state index is -0.429. The monoisotopic (exact) mass is 411 g/mol. The molecule has 1 heterocycles. The Balaban J connectivity index is 0.000000455. The molecule has 1 aromatic rings. The molecule has 6 nitrogen and oxygen atoms in total. The molecule has 1 amide bonds. The summed E-state index contributed by atoms with van der Waals surface area (Å²) in [5.41, 5.74) is 0. The normalized spacial score (nSPS) is 12.7. The number of carbonyl (C=O) groups is 2. The Hall–Kier alpha value is -2.18. The zero-order chi connectivity index (χ0) is 20.3. The minimum absolute atomic E-state index is 0.229. The Morgan fingerprint density at radius 1 is 1.22 bits per heavy atom. The average Bonchev–Trinajstić information content (AvgIpc) is 2.91. The molecule has 0 radical (unpaired) electrons. The summed E-state index contributed by atoms with van der Waals surface area (Å²) in [4.78, 5) is 23.4. The van der Waals surface area contributed by atoms with Gasteiger partial charge in [0.1, 0.15) is 19.0 Å². The van der Waals surface area contributed by atoms with Gasteiger partial charge in [-0.3, -0.25) is 4.79 Å². The number of likely N-dealkylation sites (tertiary alicyclic amines) is 1. The SMILES string of the molecule is C=CC(=O)OCCOc1ccccc1.C=CN1CCCCCC1=O.C[N]=[V]. The molecule has 1 fully saturated rings. The van der Waals surface area contributed by atoms with E-state index in [0.29, 0.717) is 13.0 Å². The van der Waals surface area contributed by atoms with Gasteiger partial charge in [-0.2, -0.15) is 0 Å². The summed E-state index contributed by atoms with van der Waals surface area (Å²) >= 11 is 2.09. The van der Waals surface area contributed by atoms with Crippen molar-refractivity contribution in [3.63, 3.8) is 0 Å². The number of amides is 1. The second kappa shape index (κ2) is 17.2. The predicted octanol–water partition coefficient (Wildman–Crippen LogP) is 3.67. The van der Waals surface area contributed by atoms with E-state index >= 15 is 0 Å². The van der Waals surface area contributed by atoms with Crippen LogP contribution in [-0.4, -0.2) is 43.6 Å². The average molecular weight is 411 g/mol. The third kappa shape index (κ3) is 13.7. The maximum atomic E-state index is 11.1. The van der Waals surface area contributed by atoms with Crippen LogP contribution >= 0.6 is 0 Å². The van der Waals surface area contributed by atoms with Crippen molar-refractivity contribution in [2.24, 2.45) is 3.79 Å². The fourth-order valence-corrected chi connectivity index (χ4v) is 2.07. The zero-order valence-corrected chi connectivity index (χ0v) is 17.3. The van der Waals surface area contributed by atoms with Crippen molar-refractivity contribution in [1.29, 1.82) is 0 Å². The van der Waals surface area contributed by atoms with E-state index in [1.165, 1.54) is 6.42 Å². The number of hydrogen-bond donors (Lipinski definition) is 0. The second-order valence-electron chi connectivity index (χ2n) is 5.31. The summed E-state index contributed by atoms with van der Waals surface area (Å²) in [6.45, 7) is 8.31. The van der Waals surface area contributed by atoms with Gasteiger partial charge >= 0.3 is 34.0 Å². The molecule has 0 unspecified atom stereocenters. The first-order chi connectivity index (χ1) is 13.1. The Bertz CT molecular complexity index is 579. The van der Waals surface area contributed by atoms with E-state index in [9.17, 15) is 9.59 Å². The van der Waals surface area contributed by atoms with Crippen molar-refractivity contribution >= 4 is 11.9 Å². The predicted molar refractivity (Wildman–Crippen MR) is 102 cm³/mol. The standard InChI is InChI=1S/C11H12O3.C8H13NO.CH3N.V/c1-2-11(12)14-9-8-13-10-6-4-3-5-7-10;1-2-9-7-5-3-4-6-8(9)10;1-2;/h2-7H,1,8-9H2;2H,1,3-7H2;1H3;. The summed E-state index contributed by atoms with van der Waals surface area (Å²) in [6, 6.07) is 9.35. The van der Waals surface area contributed by atoms with E-state index in [4.69, 9.17) is 9.47 Å². The van der Waals surface area contributed by atoms with Gasteiger partial charge in [0.2, 0.25) is 5.91 Å². The summed E-state index contributed by atoms with van der Waals surface area (Å²) < 4.78 is 13.5. The van der Waals surface area contributed by atoms with Gasteiger partial charge < -0.3 is 14.4 Å². The molecule has 0 aliphatic carbocycles. The molecule has 7 heteroatoms. The summed E-state index contributed by atoms with van der Waals surface area (Å²) in [6.07, 6.45) is 6.80. The fraction of sp³-hybridized carbons (Fsp3) is 0.400. The number of hydrogen-bond acceptors (Lipinski definition) is 5. The Labute approximate surface area is 171 Å². The van der Waals surface area contributed by atoms with Gasteiger partial charge in [0.05, 0.1) is 0 Å². The van der Waals surface area contributed by atoms with E-state index in [-0.39, 0.29) is 12.5 Å². The molecule has 0 N–H and O–H groups in total. The van der Waals surface area contributed by atoms with Gasteiger partial charge in [-0.25, -0.2) is 4.79 Å². The Morgan fingerprint density at radius 2 is 1.89 bits per heavy atom. The molecule has 27 heavy (non-hydrogen) atoms. The third-order valence-corrected chi connectivity index (χ3v) is 3.34. The molecular formula is C20H28N2O4V. The van der Waals surface area contributed by atoms with Crippen LogP contribution in [-0.2, 0) is 31.6 Å². The van der Waals surface area contributed by atoms with E-state index in [0.717, 1.165) is 31.2 Å². The summed E-state index contributed by atoms with van der Waals surface area (Å²) in [5.74, 6) is 0.566. The second-order valence-corrected chi connectivity index (χ2v) is 5.94. The number of nitrogens with zero attached hydrogens (tertiary/aromatic N) is 2. The van der Waals surface area contributed by atoms with Crippen molar-refractivity contribution in [3.8, 4) is 5.75 Å². The van der Waals surface area contributed by atoms with Gasteiger partial charge in [-0.05, 0) is 31.2 Å². The number of esters is 1. The fourth-order valence-electron chi connectivity index (χ4n) is 2.07. The van der Waals surface area contributed by atoms with Crippen LogP contribution in [0.3, 0.4) is 0 Å². The molecule has 0 aromatic heterocycles. The zero-order valence-electron chi connectivity index (χ0n) is 15.9. The van der Waals surface area contributed by atoms with Crippen molar-refractivity contribution in [1.82, 2.24) is 4.90 Å². The van der Waals surface area contributed by atoms with Crippen LogP contribution in [0.25, 0.3) is 0 Å². The van der Waals surface area contributed by atoms with Crippen LogP contribution in [0, 0.1) is 0 Å². The van der Waals surface area contributed by atoms with Gasteiger partial charge in [0, 0.05) is 19.0 Å². The molecule has 0 spiro atoms. The van der Waals surface area contributed by atoms with Crippen molar-refractivity contribution in [2.45, 2.75) is 25.7 Å².